The zero-order chi connectivity index (χ0) is 7.70. The van der Waals surface area contributed by atoms with Crippen LogP contribution >= 0.6 is 0 Å². The van der Waals surface area contributed by atoms with Gasteiger partial charge in [-0.15, -0.1) is 0 Å². The minimum atomic E-state index is 1.00. The molecule has 1 N–H and O–H groups in total. The van der Waals surface area contributed by atoms with Crippen LogP contribution in [0.3, 0.4) is 0 Å². The van der Waals surface area contributed by atoms with Crippen LogP contribution in [-0.4, -0.2) is 7.05 Å². The molecule has 1 heteroatoms. The highest BCUT2D eigenvalue weighted by atomic mass is 14.8. The SMILES string of the molecule is C=C(C)NC.CCCC. The molecule has 0 radical (unpaired) electrons. The van der Waals surface area contributed by atoms with E-state index in [9.17, 15) is 0 Å². The lowest BCUT2D eigenvalue weighted by Crippen LogP contribution is -1.98. The van der Waals surface area contributed by atoms with E-state index in [4.69, 9.17) is 0 Å². The first-order valence-corrected chi connectivity index (χ1v) is 3.52. The van der Waals surface area contributed by atoms with Crippen LogP contribution in [-0.2, 0) is 0 Å². The lowest BCUT2D eigenvalue weighted by atomic mass is 10.4. The predicted molar refractivity (Wildman–Crippen MR) is 44.5 cm³/mol. The fourth-order valence-corrected chi connectivity index (χ4v) is 0. The highest BCUT2D eigenvalue weighted by molar-refractivity contribution is 4.80. The van der Waals surface area contributed by atoms with Gasteiger partial charge in [-0.1, -0.05) is 33.3 Å². The van der Waals surface area contributed by atoms with Crippen molar-refractivity contribution < 1.29 is 0 Å². The Kier molecular flexibility index (Phi) is 13.3. The van der Waals surface area contributed by atoms with Crippen molar-refractivity contribution in [3.63, 3.8) is 0 Å². The molecule has 0 unspecified atom stereocenters. The molecule has 0 aliphatic carbocycles. The van der Waals surface area contributed by atoms with E-state index in [2.05, 4.69) is 25.7 Å². The molecule has 0 aromatic carbocycles. The quantitative estimate of drug-likeness (QED) is 0.604. The Bertz CT molecular complexity index is 55.6. The Hall–Kier alpha value is -0.460. The fourth-order valence-electron chi connectivity index (χ4n) is 0. The molecule has 0 bridgehead atoms. The molecule has 0 aliphatic rings. The predicted octanol–water partition coefficient (Wildman–Crippen LogP) is 2.55. The molecule has 0 saturated carbocycles. The summed E-state index contributed by atoms with van der Waals surface area (Å²) in [5.41, 5.74) is 1.00. The van der Waals surface area contributed by atoms with E-state index in [1.54, 1.807) is 0 Å². The average Bonchev–Trinajstić information content (AvgIpc) is 1.89. The van der Waals surface area contributed by atoms with Crippen LogP contribution in [0.1, 0.15) is 33.6 Å². The molecule has 0 aliphatic heterocycles. The van der Waals surface area contributed by atoms with E-state index in [-0.39, 0.29) is 0 Å². The maximum atomic E-state index is 3.56. The number of hydrogen-bond donors (Lipinski definition) is 1. The highest BCUT2D eigenvalue weighted by Gasteiger charge is 1.62. The number of rotatable bonds is 2. The second kappa shape index (κ2) is 10.5. The monoisotopic (exact) mass is 129 g/mol. The van der Waals surface area contributed by atoms with Gasteiger partial charge in [0.05, 0.1) is 0 Å². The first-order chi connectivity index (χ1) is 4.18. The zero-order valence-electron chi connectivity index (χ0n) is 7.12. The van der Waals surface area contributed by atoms with Crippen molar-refractivity contribution in [2.45, 2.75) is 33.6 Å². The summed E-state index contributed by atoms with van der Waals surface area (Å²) >= 11 is 0. The van der Waals surface area contributed by atoms with Crippen LogP contribution in [0.25, 0.3) is 0 Å². The van der Waals surface area contributed by atoms with Crippen molar-refractivity contribution in [1.29, 1.82) is 0 Å². The van der Waals surface area contributed by atoms with Crippen molar-refractivity contribution >= 4 is 0 Å². The second-order valence-electron chi connectivity index (χ2n) is 2.03. The van der Waals surface area contributed by atoms with Gasteiger partial charge in [-0.3, -0.25) is 0 Å². The molecular formula is C8H19N. The lowest BCUT2D eigenvalue weighted by Gasteiger charge is -1.87. The molecule has 1 nitrogen and oxygen atoms in total. The third-order valence-electron chi connectivity index (χ3n) is 0.927. The Morgan fingerprint density at radius 2 is 1.56 bits per heavy atom. The van der Waals surface area contributed by atoms with E-state index < -0.39 is 0 Å². The largest absolute Gasteiger partial charge is 0.392 e. The molecule has 9 heavy (non-hydrogen) atoms. The molecule has 56 valence electrons. The normalized spacial score (nSPS) is 7.11. The molecule has 0 saturated heterocycles. The number of hydrogen-bond acceptors (Lipinski definition) is 1. The van der Waals surface area contributed by atoms with Gasteiger partial charge < -0.3 is 5.32 Å². The van der Waals surface area contributed by atoms with Crippen LogP contribution < -0.4 is 5.32 Å². The zero-order valence-corrected chi connectivity index (χ0v) is 7.12. The van der Waals surface area contributed by atoms with Crippen molar-refractivity contribution in [3.8, 4) is 0 Å². The number of allylic oxidation sites excluding steroid dienone is 1. The van der Waals surface area contributed by atoms with E-state index in [0.29, 0.717) is 0 Å². The Morgan fingerprint density at radius 1 is 1.33 bits per heavy atom. The van der Waals surface area contributed by atoms with Gasteiger partial charge in [0.2, 0.25) is 0 Å². The Balaban J connectivity index is 0. The molecule has 0 spiro atoms. The first-order valence-electron chi connectivity index (χ1n) is 3.52. The van der Waals surface area contributed by atoms with Crippen LogP contribution in [0.5, 0.6) is 0 Å². The molecule has 0 rings (SSSR count). The minimum absolute atomic E-state index is 1.00. The summed E-state index contributed by atoms with van der Waals surface area (Å²) in [7, 11) is 1.85. The molecule has 0 atom stereocenters. The summed E-state index contributed by atoms with van der Waals surface area (Å²) in [4.78, 5) is 0. The second-order valence-corrected chi connectivity index (χ2v) is 2.03. The van der Waals surface area contributed by atoms with Crippen LogP contribution in [0.2, 0.25) is 0 Å². The van der Waals surface area contributed by atoms with Gasteiger partial charge in [-0.25, -0.2) is 0 Å². The number of unbranched alkanes of at least 4 members (excludes halogenated alkanes) is 1. The van der Waals surface area contributed by atoms with Crippen molar-refractivity contribution in [2.75, 3.05) is 7.05 Å². The maximum absolute atomic E-state index is 3.56. The summed E-state index contributed by atoms with van der Waals surface area (Å²) in [5.74, 6) is 0. The van der Waals surface area contributed by atoms with Gasteiger partial charge in [0, 0.05) is 7.05 Å². The highest BCUT2D eigenvalue weighted by Crippen LogP contribution is 1.76. The molecular weight excluding hydrogens is 110 g/mol. The third-order valence-corrected chi connectivity index (χ3v) is 0.927. The standard InChI is InChI=1S/C4H9N.C4H10/c1-4(2)5-3;1-3-4-2/h5H,1H2,2-3H3;3-4H2,1-2H3. The topological polar surface area (TPSA) is 12.0 Å². The van der Waals surface area contributed by atoms with Crippen molar-refractivity contribution in [1.82, 2.24) is 5.32 Å². The smallest absolute Gasteiger partial charge is 0.00299 e. The summed E-state index contributed by atoms with van der Waals surface area (Å²) in [6.45, 7) is 9.84. The summed E-state index contributed by atoms with van der Waals surface area (Å²) in [6, 6.07) is 0. The Morgan fingerprint density at radius 3 is 1.56 bits per heavy atom. The summed E-state index contributed by atoms with van der Waals surface area (Å²) in [6.07, 6.45) is 2.64. The lowest BCUT2D eigenvalue weighted by molar-refractivity contribution is 0.886. The van der Waals surface area contributed by atoms with Gasteiger partial charge >= 0.3 is 0 Å². The van der Waals surface area contributed by atoms with E-state index in [0.717, 1.165) is 5.70 Å². The first kappa shape index (κ1) is 11.4. The van der Waals surface area contributed by atoms with E-state index in [1.807, 2.05) is 14.0 Å². The van der Waals surface area contributed by atoms with Crippen LogP contribution in [0.15, 0.2) is 12.3 Å². The van der Waals surface area contributed by atoms with Crippen LogP contribution in [0.4, 0.5) is 0 Å². The molecule has 0 heterocycles. The molecule has 0 aromatic heterocycles. The van der Waals surface area contributed by atoms with E-state index >= 15 is 0 Å². The van der Waals surface area contributed by atoms with E-state index in [1.165, 1.54) is 12.8 Å². The van der Waals surface area contributed by atoms with Gasteiger partial charge in [-0.05, 0) is 12.6 Å². The minimum Gasteiger partial charge on any atom is -0.392 e. The number of nitrogens with one attached hydrogen (secondary N) is 1. The molecule has 0 fully saturated rings. The van der Waals surface area contributed by atoms with Crippen molar-refractivity contribution in [2.24, 2.45) is 0 Å². The molecule has 0 aromatic rings. The van der Waals surface area contributed by atoms with Gasteiger partial charge in [-0.2, -0.15) is 0 Å². The van der Waals surface area contributed by atoms with Gasteiger partial charge in [0.1, 0.15) is 0 Å². The maximum Gasteiger partial charge on any atom is 0.00299 e. The summed E-state index contributed by atoms with van der Waals surface area (Å²) < 4.78 is 0. The van der Waals surface area contributed by atoms with Gasteiger partial charge in [0.25, 0.3) is 0 Å². The summed E-state index contributed by atoms with van der Waals surface area (Å²) in [5, 5.41) is 2.83. The Labute approximate surface area is 59.2 Å². The third kappa shape index (κ3) is 35.9. The fraction of sp³-hybridized carbons (Fsp3) is 0.750. The van der Waals surface area contributed by atoms with Gasteiger partial charge in [0.15, 0.2) is 0 Å². The molecule has 0 amide bonds. The average molecular weight is 129 g/mol. The van der Waals surface area contributed by atoms with Crippen LogP contribution in [0, 0.1) is 0 Å². The van der Waals surface area contributed by atoms with Crippen molar-refractivity contribution in [3.05, 3.63) is 12.3 Å².